The summed E-state index contributed by atoms with van der Waals surface area (Å²) >= 11 is 0. The first-order valence-corrected chi connectivity index (χ1v) is 10.8. The number of hydrogen-bond acceptors (Lipinski definition) is 4. The number of hydrogen-bond donors (Lipinski definition) is 0. The van der Waals surface area contributed by atoms with Crippen LogP contribution in [-0.2, 0) is 27.4 Å². The van der Waals surface area contributed by atoms with Crippen LogP contribution in [0.5, 0.6) is 0 Å². The van der Waals surface area contributed by atoms with E-state index in [9.17, 15) is 14.0 Å². The molecule has 2 amide bonds. The molecule has 0 atom stereocenters. The van der Waals surface area contributed by atoms with Crippen LogP contribution >= 0.6 is 0 Å². The van der Waals surface area contributed by atoms with E-state index in [4.69, 9.17) is 9.15 Å². The first kappa shape index (κ1) is 24.6. The van der Waals surface area contributed by atoms with Gasteiger partial charge in [0.15, 0.2) is 0 Å². The number of ether oxygens (including phenoxy) is 1. The Labute approximate surface area is 184 Å². The number of nitrogens with zero attached hydrogens (tertiary/aromatic N) is 2. The second kappa shape index (κ2) is 12.9. The van der Waals surface area contributed by atoms with Crippen molar-refractivity contribution in [2.24, 2.45) is 0 Å². The third-order valence-corrected chi connectivity index (χ3v) is 5.02. The number of furan rings is 1. The van der Waals surface area contributed by atoms with Crippen LogP contribution in [0.15, 0.2) is 40.8 Å². The summed E-state index contributed by atoms with van der Waals surface area (Å²) in [5.41, 5.74) is 0.802. The number of amides is 2. The zero-order valence-corrected chi connectivity index (χ0v) is 18.7. The van der Waals surface area contributed by atoms with E-state index in [2.05, 4.69) is 6.92 Å². The molecule has 2 rings (SSSR count). The molecular formula is C24H33FN2O4. The Balaban J connectivity index is 2.13. The summed E-state index contributed by atoms with van der Waals surface area (Å²) in [6.07, 6.45) is 3.22. The Bertz CT molecular complexity index is 819. The highest BCUT2D eigenvalue weighted by Crippen LogP contribution is 2.15. The smallest absolute Gasteiger partial charge is 0.242 e. The van der Waals surface area contributed by atoms with Gasteiger partial charge in [0.25, 0.3) is 0 Å². The first-order valence-electron chi connectivity index (χ1n) is 10.8. The summed E-state index contributed by atoms with van der Waals surface area (Å²) in [7, 11) is 1.57. The third-order valence-electron chi connectivity index (χ3n) is 5.02. The average Bonchev–Trinajstić information content (AvgIpc) is 3.16. The Hall–Kier alpha value is -2.67. The maximum atomic E-state index is 13.3. The van der Waals surface area contributed by atoms with Gasteiger partial charge < -0.3 is 19.0 Å². The molecule has 1 aromatic heterocycles. The number of halogens is 1. The van der Waals surface area contributed by atoms with E-state index in [0.29, 0.717) is 31.9 Å². The molecule has 1 aromatic carbocycles. The fraction of sp³-hybridized carbons (Fsp3) is 0.500. The molecule has 2 aromatic rings. The zero-order valence-electron chi connectivity index (χ0n) is 18.7. The number of carbonyl (C=O) groups is 2. The SMILES string of the molecule is CCCCCC(=O)N(CCOC)CC(=O)N(Cc1ccc(F)cc1)Cc1ccc(C)o1. The number of carbonyl (C=O) groups excluding carboxylic acids is 2. The van der Waals surface area contributed by atoms with E-state index >= 15 is 0 Å². The molecule has 0 saturated carbocycles. The number of methoxy groups -OCH3 is 1. The summed E-state index contributed by atoms with van der Waals surface area (Å²) in [5.74, 6) is 0.849. The maximum Gasteiger partial charge on any atom is 0.242 e. The topological polar surface area (TPSA) is 63.0 Å². The summed E-state index contributed by atoms with van der Waals surface area (Å²) in [5, 5.41) is 0. The monoisotopic (exact) mass is 432 g/mol. The molecule has 0 bridgehead atoms. The number of benzene rings is 1. The molecule has 31 heavy (non-hydrogen) atoms. The second-order valence-electron chi connectivity index (χ2n) is 7.65. The predicted molar refractivity (Wildman–Crippen MR) is 117 cm³/mol. The van der Waals surface area contributed by atoms with Gasteiger partial charge in [-0.3, -0.25) is 9.59 Å². The fourth-order valence-electron chi connectivity index (χ4n) is 3.24. The average molecular weight is 433 g/mol. The fourth-order valence-corrected chi connectivity index (χ4v) is 3.24. The zero-order chi connectivity index (χ0) is 22.6. The molecule has 0 saturated heterocycles. The van der Waals surface area contributed by atoms with Gasteiger partial charge in [0.1, 0.15) is 17.3 Å². The molecule has 170 valence electrons. The van der Waals surface area contributed by atoms with Crippen LogP contribution in [0.2, 0.25) is 0 Å². The predicted octanol–water partition coefficient (Wildman–Crippen LogP) is 4.31. The van der Waals surface area contributed by atoms with Crippen LogP contribution < -0.4 is 0 Å². The van der Waals surface area contributed by atoms with Gasteiger partial charge in [0, 0.05) is 26.6 Å². The number of aryl methyl sites for hydroxylation is 1. The molecule has 0 fully saturated rings. The van der Waals surface area contributed by atoms with Gasteiger partial charge in [-0.2, -0.15) is 0 Å². The van der Waals surface area contributed by atoms with Crippen molar-refractivity contribution in [1.82, 2.24) is 9.80 Å². The number of rotatable bonds is 13. The summed E-state index contributed by atoms with van der Waals surface area (Å²) in [6, 6.07) is 9.73. The highest BCUT2D eigenvalue weighted by atomic mass is 19.1. The van der Waals surface area contributed by atoms with Crippen molar-refractivity contribution in [3.8, 4) is 0 Å². The first-order chi connectivity index (χ1) is 14.9. The van der Waals surface area contributed by atoms with Crippen LogP contribution in [0, 0.1) is 12.7 Å². The second-order valence-corrected chi connectivity index (χ2v) is 7.65. The lowest BCUT2D eigenvalue weighted by molar-refractivity contribution is -0.142. The van der Waals surface area contributed by atoms with E-state index in [1.165, 1.54) is 12.1 Å². The van der Waals surface area contributed by atoms with E-state index in [1.807, 2.05) is 19.1 Å². The molecular weight excluding hydrogens is 399 g/mol. The lowest BCUT2D eigenvalue weighted by atomic mass is 10.2. The van der Waals surface area contributed by atoms with Crippen molar-refractivity contribution in [2.75, 3.05) is 26.8 Å². The van der Waals surface area contributed by atoms with Crippen LogP contribution in [0.1, 0.15) is 49.7 Å². The van der Waals surface area contributed by atoms with E-state index in [0.717, 1.165) is 30.6 Å². The van der Waals surface area contributed by atoms with Crippen LogP contribution in [-0.4, -0.2) is 48.4 Å². The lowest BCUT2D eigenvalue weighted by Gasteiger charge is -2.27. The van der Waals surface area contributed by atoms with E-state index in [1.54, 1.807) is 29.0 Å². The third kappa shape index (κ3) is 8.53. The van der Waals surface area contributed by atoms with Gasteiger partial charge in [0.2, 0.25) is 11.8 Å². The minimum absolute atomic E-state index is 0.0325. The van der Waals surface area contributed by atoms with Crippen molar-refractivity contribution in [1.29, 1.82) is 0 Å². The Kier molecular flexibility index (Phi) is 10.2. The van der Waals surface area contributed by atoms with Gasteiger partial charge in [-0.15, -0.1) is 0 Å². The van der Waals surface area contributed by atoms with Crippen molar-refractivity contribution in [3.05, 3.63) is 59.3 Å². The molecule has 6 nitrogen and oxygen atoms in total. The molecule has 0 radical (unpaired) electrons. The van der Waals surface area contributed by atoms with Crippen LogP contribution in [0.25, 0.3) is 0 Å². The number of unbranched alkanes of at least 4 members (excludes halogenated alkanes) is 2. The van der Waals surface area contributed by atoms with Crippen LogP contribution in [0.3, 0.4) is 0 Å². The van der Waals surface area contributed by atoms with Gasteiger partial charge in [0.05, 0.1) is 19.7 Å². The Morgan fingerprint density at radius 2 is 1.74 bits per heavy atom. The molecule has 1 heterocycles. The summed E-state index contributed by atoms with van der Waals surface area (Å²) in [6.45, 7) is 5.18. The minimum Gasteiger partial charge on any atom is -0.464 e. The normalized spacial score (nSPS) is 10.8. The molecule has 0 aliphatic carbocycles. The molecule has 0 aliphatic heterocycles. The van der Waals surface area contributed by atoms with Crippen molar-refractivity contribution in [2.45, 2.75) is 52.6 Å². The quantitative estimate of drug-likeness (QED) is 0.443. The molecule has 7 heteroatoms. The lowest BCUT2D eigenvalue weighted by Crippen LogP contribution is -2.43. The Morgan fingerprint density at radius 1 is 1.00 bits per heavy atom. The van der Waals surface area contributed by atoms with Gasteiger partial charge in [-0.1, -0.05) is 31.9 Å². The van der Waals surface area contributed by atoms with Gasteiger partial charge >= 0.3 is 0 Å². The molecule has 0 spiro atoms. The highest BCUT2D eigenvalue weighted by molar-refractivity contribution is 5.84. The van der Waals surface area contributed by atoms with Crippen molar-refractivity contribution >= 4 is 11.8 Å². The molecule has 0 N–H and O–H groups in total. The van der Waals surface area contributed by atoms with Crippen LogP contribution in [0.4, 0.5) is 4.39 Å². The standard InChI is InChI=1S/C24H33FN2O4/c1-4-5-6-7-23(28)26(14-15-30-3)18-24(29)27(17-22-13-8-19(2)31-22)16-20-9-11-21(25)12-10-20/h8-13H,4-7,14-18H2,1-3H3. The van der Waals surface area contributed by atoms with Gasteiger partial charge in [-0.25, -0.2) is 4.39 Å². The maximum absolute atomic E-state index is 13.3. The van der Waals surface area contributed by atoms with Crippen molar-refractivity contribution in [3.63, 3.8) is 0 Å². The largest absolute Gasteiger partial charge is 0.464 e. The Morgan fingerprint density at radius 3 is 2.35 bits per heavy atom. The molecule has 0 aliphatic rings. The summed E-state index contributed by atoms with van der Waals surface area (Å²) < 4.78 is 24.1. The van der Waals surface area contributed by atoms with Crippen molar-refractivity contribution < 1.29 is 23.1 Å². The van der Waals surface area contributed by atoms with Gasteiger partial charge in [-0.05, 0) is 43.2 Å². The minimum atomic E-state index is -0.327. The van der Waals surface area contributed by atoms with E-state index in [-0.39, 0.29) is 30.7 Å². The summed E-state index contributed by atoms with van der Waals surface area (Å²) in [4.78, 5) is 29.1. The molecule has 0 unspecified atom stereocenters. The van der Waals surface area contributed by atoms with E-state index < -0.39 is 0 Å². The highest BCUT2D eigenvalue weighted by Gasteiger charge is 2.22.